The second kappa shape index (κ2) is 8.11. The summed E-state index contributed by atoms with van der Waals surface area (Å²) in [6.45, 7) is 4.31. The van der Waals surface area contributed by atoms with Crippen LogP contribution in [0.2, 0.25) is 0 Å². The standard InChI is InChI=1S/C21H25NO2/c1-17(23)7-8-18-9-11-20(12-10-18)22-14-13-21(15-22)24-16-19-5-3-2-4-6-19/h2-6,9-12,21H,7-8,13-16H2,1H3. The van der Waals surface area contributed by atoms with Gasteiger partial charge in [-0.3, -0.25) is 0 Å². The van der Waals surface area contributed by atoms with E-state index in [4.69, 9.17) is 4.74 Å². The number of aryl methyl sites for hydroxylation is 1. The van der Waals surface area contributed by atoms with E-state index >= 15 is 0 Å². The third kappa shape index (κ3) is 4.68. The Kier molecular flexibility index (Phi) is 5.65. The van der Waals surface area contributed by atoms with Crippen molar-refractivity contribution in [3.05, 3.63) is 65.7 Å². The number of nitrogens with zero attached hydrogens (tertiary/aromatic N) is 1. The molecule has 1 aliphatic heterocycles. The normalized spacial score (nSPS) is 17.2. The van der Waals surface area contributed by atoms with Crippen LogP contribution in [0, 0.1) is 0 Å². The molecule has 3 rings (SSSR count). The Bertz CT molecular complexity index is 651. The number of ketones is 1. The van der Waals surface area contributed by atoms with Crippen molar-refractivity contribution >= 4 is 11.5 Å². The Morgan fingerprint density at radius 2 is 1.83 bits per heavy atom. The Morgan fingerprint density at radius 3 is 2.54 bits per heavy atom. The average molecular weight is 323 g/mol. The van der Waals surface area contributed by atoms with E-state index < -0.39 is 0 Å². The first-order valence-corrected chi connectivity index (χ1v) is 8.69. The first kappa shape index (κ1) is 16.7. The number of carbonyl (C=O) groups is 1. The van der Waals surface area contributed by atoms with Gasteiger partial charge in [-0.1, -0.05) is 42.5 Å². The molecule has 1 saturated heterocycles. The minimum Gasteiger partial charge on any atom is -0.372 e. The van der Waals surface area contributed by atoms with Crippen molar-refractivity contribution in [3.8, 4) is 0 Å². The predicted octanol–water partition coefficient (Wildman–Crippen LogP) is 4.00. The third-order valence-electron chi connectivity index (χ3n) is 4.54. The van der Waals surface area contributed by atoms with Gasteiger partial charge in [-0.2, -0.15) is 0 Å². The van der Waals surface area contributed by atoms with Crippen molar-refractivity contribution in [2.24, 2.45) is 0 Å². The van der Waals surface area contributed by atoms with E-state index in [1.165, 1.54) is 16.8 Å². The number of rotatable bonds is 7. The highest BCUT2D eigenvalue weighted by Crippen LogP contribution is 2.23. The lowest BCUT2D eigenvalue weighted by Crippen LogP contribution is -2.22. The minimum atomic E-state index is 0.247. The fourth-order valence-electron chi connectivity index (χ4n) is 3.08. The molecule has 0 aliphatic carbocycles. The lowest BCUT2D eigenvalue weighted by Gasteiger charge is -2.19. The Hall–Kier alpha value is -2.13. The van der Waals surface area contributed by atoms with Crippen LogP contribution >= 0.6 is 0 Å². The zero-order valence-electron chi connectivity index (χ0n) is 14.3. The number of hydrogen-bond acceptors (Lipinski definition) is 3. The molecule has 0 radical (unpaired) electrons. The van der Waals surface area contributed by atoms with Crippen molar-refractivity contribution in [2.45, 2.75) is 38.9 Å². The zero-order valence-corrected chi connectivity index (χ0v) is 14.3. The fraction of sp³-hybridized carbons (Fsp3) is 0.381. The van der Waals surface area contributed by atoms with Gasteiger partial charge in [0.15, 0.2) is 0 Å². The number of anilines is 1. The highest BCUT2D eigenvalue weighted by atomic mass is 16.5. The van der Waals surface area contributed by atoms with Gasteiger partial charge in [0.2, 0.25) is 0 Å². The highest BCUT2D eigenvalue weighted by Gasteiger charge is 2.23. The molecule has 1 aliphatic rings. The summed E-state index contributed by atoms with van der Waals surface area (Å²) in [6.07, 6.45) is 2.82. The van der Waals surface area contributed by atoms with Gasteiger partial charge < -0.3 is 14.4 Å². The molecule has 0 spiro atoms. The summed E-state index contributed by atoms with van der Waals surface area (Å²) in [5.74, 6) is 0.247. The summed E-state index contributed by atoms with van der Waals surface area (Å²) in [6, 6.07) is 18.9. The topological polar surface area (TPSA) is 29.5 Å². The van der Waals surface area contributed by atoms with E-state index in [2.05, 4.69) is 41.3 Å². The molecular weight excluding hydrogens is 298 g/mol. The molecule has 0 aromatic heterocycles. The van der Waals surface area contributed by atoms with Crippen molar-refractivity contribution < 1.29 is 9.53 Å². The molecule has 1 unspecified atom stereocenters. The molecule has 2 aromatic rings. The van der Waals surface area contributed by atoms with Crippen LogP contribution in [-0.2, 0) is 22.6 Å². The Balaban J connectivity index is 1.49. The number of carbonyl (C=O) groups excluding carboxylic acids is 1. The van der Waals surface area contributed by atoms with E-state index in [1.807, 2.05) is 18.2 Å². The molecule has 0 N–H and O–H groups in total. The van der Waals surface area contributed by atoms with Crippen LogP contribution in [0.5, 0.6) is 0 Å². The van der Waals surface area contributed by atoms with Gasteiger partial charge in [-0.05, 0) is 43.0 Å². The van der Waals surface area contributed by atoms with Gasteiger partial charge in [-0.25, -0.2) is 0 Å². The summed E-state index contributed by atoms with van der Waals surface area (Å²) < 4.78 is 6.05. The van der Waals surface area contributed by atoms with Crippen LogP contribution in [-0.4, -0.2) is 25.0 Å². The van der Waals surface area contributed by atoms with Crippen LogP contribution in [0.4, 0.5) is 5.69 Å². The van der Waals surface area contributed by atoms with E-state index in [-0.39, 0.29) is 5.78 Å². The molecule has 0 bridgehead atoms. The quantitative estimate of drug-likeness (QED) is 0.771. The molecule has 126 valence electrons. The zero-order chi connectivity index (χ0) is 16.8. The Morgan fingerprint density at radius 1 is 1.08 bits per heavy atom. The first-order chi connectivity index (χ1) is 11.7. The SMILES string of the molecule is CC(=O)CCc1ccc(N2CCC(OCc3ccccc3)C2)cc1. The number of Topliss-reactive ketones (excluding diaryl/α,β-unsaturated/α-hetero) is 1. The predicted molar refractivity (Wildman–Crippen MR) is 97.3 cm³/mol. The third-order valence-corrected chi connectivity index (χ3v) is 4.54. The molecule has 24 heavy (non-hydrogen) atoms. The Labute approximate surface area is 144 Å². The maximum absolute atomic E-state index is 11.1. The van der Waals surface area contributed by atoms with Crippen molar-refractivity contribution in [1.29, 1.82) is 0 Å². The monoisotopic (exact) mass is 323 g/mol. The number of benzene rings is 2. The van der Waals surface area contributed by atoms with Crippen LogP contribution in [0.15, 0.2) is 54.6 Å². The minimum absolute atomic E-state index is 0.247. The van der Waals surface area contributed by atoms with Gasteiger partial charge in [-0.15, -0.1) is 0 Å². The maximum Gasteiger partial charge on any atom is 0.130 e. The smallest absolute Gasteiger partial charge is 0.130 e. The molecule has 1 atom stereocenters. The lowest BCUT2D eigenvalue weighted by atomic mass is 10.1. The maximum atomic E-state index is 11.1. The van der Waals surface area contributed by atoms with Crippen LogP contribution in [0.3, 0.4) is 0 Å². The lowest BCUT2D eigenvalue weighted by molar-refractivity contribution is -0.116. The summed E-state index contributed by atoms with van der Waals surface area (Å²) in [5, 5.41) is 0. The van der Waals surface area contributed by atoms with E-state index in [1.54, 1.807) is 6.92 Å². The van der Waals surface area contributed by atoms with Crippen LogP contribution in [0.25, 0.3) is 0 Å². The van der Waals surface area contributed by atoms with Crippen LogP contribution in [0.1, 0.15) is 30.9 Å². The van der Waals surface area contributed by atoms with E-state index in [0.717, 1.165) is 25.9 Å². The van der Waals surface area contributed by atoms with E-state index in [0.29, 0.717) is 19.1 Å². The molecular formula is C21H25NO2. The van der Waals surface area contributed by atoms with Gasteiger partial charge in [0.25, 0.3) is 0 Å². The largest absolute Gasteiger partial charge is 0.372 e. The first-order valence-electron chi connectivity index (χ1n) is 8.69. The molecule has 1 heterocycles. The number of ether oxygens (including phenoxy) is 1. The van der Waals surface area contributed by atoms with E-state index in [9.17, 15) is 4.79 Å². The highest BCUT2D eigenvalue weighted by molar-refractivity contribution is 5.75. The molecule has 3 nitrogen and oxygen atoms in total. The molecule has 0 saturated carbocycles. The summed E-state index contributed by atoms with van der Waals surface area (Å²) in [4.78, 5) is 13.5. The summed E-state index contributed by atoms with van der Waals surface area (Å²) in [5.41, 5.74) is 3.70. The second-order valence-electron chi connectivity index (χ2n) is 6.52. The van der Waals surface area contributed by atoms with Gasteiger partial charge >= 0.3 is 0 Å². The van der Waals surface area contributed by atoms with Crippen molar-refractivity contribution in [2.75, 3.05) is 18.0 Å². The van der Waals surface area contributed by atoms with Gasteiger partial charge in [0, 0.05) is 25.2 Å². The van der Waals surface area contributed by atoms with Gasteiger partial charge in [0.1, 0.15) is 5.78 Å². The molecule has 2 aromatic carbocycles. The molecule has 3 heteroatoms. The van der Waals surface area contributed by atoms with Gasteiger partial charge in [0.05, 0.1) is 12.7 Å². The summed E-state index contributed by atoms with van der Waals surface area (Å²) in [7, 11) is 0. The number of hydrogen-bond donors (Lipinski definition) is 0. The summed E-state index contributed by atoms with van der Waals surface area (Å²) >= 11 is 0. The fourth-order valence-corrected chi connectivity index (χ4v) is 3.08. The molecule has 0 amide bonds. The molecule has 1 fully saturated rings. The van der Waals surface area contributed by atoms with Crippen LogP contribution < -0.4 is 4.90 Å². The van der Waals surface area contributed by atoms with Crippen molar-refractivity contribution in [3.63, 3.8) is 0 Å². The second-order valence-corrected chi connectivity index (χ2v) is 6.52. The average Bonchev–Trinajstić information content (AvgIpc) is 3.08. The van der Waals surface area contributed by atoms with Crippen molar-refractivity contribution in [1.82, 2.24) is 0 Å².